The number of hydrogen-bond acceptors (Lipinski definition) is 2. The molecule has 2 rings (SSSR count). The first kappa shape index (κ1) is 14.9. The van der Waals surface area contributed by atoms with Crippen molar-refractivity contribution in [1.82, 2.24) is 0 Å². The summed E-state index contributed by atoms with van der Waals surface area (Å²) >= 11 is 0. The Kier molecular flexibility index (Phi) is 3.84. The van der Waals surface area contributed by atoms with E-state index in [-0.39, 0.29) is 5.56 Å². The van der Waals surface area contributed by atoms with Crippen molar-refractivity contribution in [2.45, 2.75) is 45.1 Å². The molecular weight excluding hydrogens is 260 g/mol. The van der Waals surface area contributed by atoms with Crippen LogP contribution >= 0.6 is 0 Å². The molecule has 20 heavy (non-hydrogen) atoms. The lowest BCUT2D eigenvalue weighted by Gasteiger charge is -2.38. The molecule has 0 spiro atoms. The van der Waals surface area contributed by atoms with Gasteiger partial charge >= 0.3 is 0 Å². The van der Waals surface area contributed by atoms with E-state index >= 15 is 0 Å². The molecule has 0 aliphatic heterocycles. The molecular formula is C16H19F2NO. The van der Waals surface area contributed by atoms with Gasteiger partial charge in [-0.2, -0.15) is 5.26 Å². The molecule has 0 amide bonds. The lowest BCUT2D eigenvalue weighted by molar-refractivity contribution is -0.0446. The molecule has 0 bridgehead atoms. The van der Waals surface area contributed by atoms with Crippen molar-refractivity contribution in [2.24, 2.45) is 11.3 Å². The molecule has 3 unspecified atom stereocenters. The van der Waals surface area contributed by atoms with Crippen LogP contribution in [0.5, 0.6) is 0 Å². The van der Waals surface area contributed by atoms with E-state index in [1.807, 2.05) is 0 Å². The van der Waals surface area contributed by atoms with Gasteiger partial charge < -0.3 is 5.11 Å². The standard InChI is InChI=1S/C16H19F2NO/c1-3-11-4-5-16(9-11,10-19)15(2,20)12-6-13(17)8-14(18)7-12/h6-8,11,20H,3-5,9H2,1-2H3. The van der Waals surface area contributed by atoms with Crippen molar-refractivity contribution in [3.8, 4) is 6.07 Å². The average Bonchev–Trinajstić information content (AvgIpc) is 2.83. The van der Waals surface area contributed by atoms with E-state index in [9.17, 15) is 19.1 Å². The van der Waals surface area contributed by atoms with E-state index < -0.39 is 22.7 Å². The molecule has 0 heterocycles. The molecule has 4 heteroatoms. The molecule has 1 aromatic carbocycles. The smallest absolute Gasteiger partial charge is 0.126 e. The fourth-order valence-electron chi connectivity index (χ4n) is 3.26. The van der Waals surface area contributed by atoms with Crippen LogP contribution in [0.1, 0.15) is 45.1 Å². The summed E-state index contributed by atoms with van der Waals surface area (Å²) in [5, 5.41) is 20.4. The highest BCUT2D eigenvalue weighted by molar-refractivity contribution is 5.30. The van der Waals surface area contributed by atoms with Crippen molar-refractivity contribution >= 4 is 0 Å². The van der Waals surface area contributed by atoms with Gasteiger partial charge in [-0.25, -0.2) is 8.78 Å². The molecule has 1 aliphatic rings. The Bertz CT molecular complexity index is 530. The van der Waals surface area contributed by atoms with Gasteiger partial charge in [0, 0.05) is 6.07 Å². The van der Waals surface area contributed by atoms with Crippen LogP contribution < -0.4 is 0 Å². The van der Waals surface area contributed by atoms with Crippen LogP contribution in [-0.2, 0) is 5.60 Å². The maximum absolute atomic E-state index is 13.4. The van der Waals surface area contributed by atoms with Crippen molar-refractivity contribution in [3.05, 3.63) is 35.4 Å². The highest BCUT2D eigenvalue weighted by atomic mass is 19.1. The third-order valence-electron chi connectivity index (χ3n) is 4.76. The predicted molar refractivity (Wildman–Crippen MR) is 71.6 cm³/mol. The van der Waals surface area contributed by atoms with Gasteiger partial charge in [0.05, 0.1) is 11.5 Å². The molecule has 1 N–H and O–H groups in total. The van der Waals surface area contributed by atoms with Crippen molar-refractivity contribution in [2.75, 3.05) is 0 Å². The highest BCUT2D eigenvalue weighted by Gasteiger charge is 2.52. The van der Waals surface area contributed by atoms with Crippen LogP contribution in [-0.4, -0.2) is 5.11 Å². The molecule has 0 saturated heterocycles. The van der Waals surface area contributed by atoms with Gasteiger partial charge in [-0.3, -0.25) is 0 Å². The Hall–Kier alpha value is -1.47. The van der Waals surface area contributed by atoms with E-state index in [1.165, 1.54) is 6.92 Å². The molecule has 3 atom stereocenters. The third kappa shape index (κ3) is 2.31. The van der Waals surface area contributed by atoms with Gasteiger partial charge in [0.25, 0.3) is 0 Å². The summed E-state index contributed by atoms with van der Waals surface area (Å²) in [6, 6.07) is 5.22. The minimum Gasteiger partial charge on any atom is -0.384 e. The van der Waals surface area contributed by atoms with Gasteiger partial charge in [0.1, 0.15) is 17.2 Å². The topological polar surface area (TPSA) is 44.0 Å². The van der Waals surface area contributed by atoms with Gasteiger partial charge in [-0.15, -0.1) is 0 Å². The van der Waals surface area contributed by atoms with Crippen molar-refractivity contribution in [3.63, 3.8) is 0 Å². The van der Waals surface area contributed by atoms with Gasteiger partial charge in [0.15, 0.2) is 0 Å². The first-order valence-electron chi connectivity index (χ1n) is 6.95. The van der Waals surface area contributed by atoms with Crippen LogP contribution in [0.3, 0.4) is 0 Å². The van der Waals surface area contributed by atoms with Crippen LogP contribution in [0.25, 0.3) is 0 Å². The fourth-order valence-corrected chi connectivity index (χ4v) is 3.26. The zero-order valence-electron chi connectivity index (χ0n) is 11.8. The average molecular weight is 279 g/mol. The quantitative estimate of drug-likeness (QED) is 0.912. The maximum Gasteiger partial charge on any atom is 0.126 e. The Morgan fingerprint density at radius 3 is 2.45 bits per heavy atom. The largest absolute Gasteiger partial charge is 0.384 e. The van der Waals surface area contributed by atoms with Crippen LogP contribution in [0, 0.1) is 34.3 Å². The fraction of sp³-hybridized carbons (Fsp3) is 0.562. The monoisotopic (exact) mass is 279 g/mol. The number of benzene rings is 1. The molecule has 108 valence electrons. The lowest BCUT2D eigenvalue weighted by atomic mass is 9.68. The SMILES string of the molecule is CCC1CCC(C#N)(C(C)(O)c2cc(F)cc(F)c2)C1. The predicted octanol–water partition coefficient (Wildman–Crippen LogP) is 3.89. The number of halogens is 2. The van der Waals surface area contributed by atoms with Crippen LogP contribution in [0.15, 0.2) is 18.2 Å². The van der Waals surface area contributed by atoms with E-state index in [0.29, 0.717) is 18.8 Å². The zero-order valence-corrected chi connectivity index (χ0v) is 11.8. The van der Waals surface area contributed by atoms with Crippen LogP contribution in [0.2, 0.25) is 0 Å². The summed E-state index contributed by atoms with van der Waals surface area (Å²) < 4.78 is 26.8. The maximum atomic E-state index is 13.4. The zero-order chi connectivity index (χ0) is 15.0. The summed E-state index contributed by atoms with van der Waals surface area (Å²) in [6.45, 7) is 3.54. The molecule has 2 nitrogen and oxygen atoms in total. The normalized spacial score (nSPS) is 28.9. The summed E-state index contributed by atoms with van der Waals surface area (Å²) in [7, 11) is 0. The molecule has 0 radical (unpaired) electrons. The molecule has 1 saturated carbocycles. The number of rotatable bonds is 3. The second kappa shape index (κ2) is 5.14. The highest BCUT2D eigenvalue weighted by Crippen LogP contribution is 2.53. The third-order valence-corrected chi connectivity index (χ3v) is 4.76. The van der Waals surface area contributed by atoms with E-state index in [2.05, 4.69) is 13.0 Å². The summed E-state index contributed by atoms with van der Waals surface area (Å²) in [6.07, 6.45) is 2.91. The number of nitrogens with zero attached hydrogens (tertiary/aromatic N) is 1. The minimum atomic E-state index is -1.56. The van der Waals surface area contributed by atoms with Gasteiger partial charge in [0.2, 0.25) is 0 Å². The number of nitriles is 1. The lowest BCUT2D eigenvalue weighted by Crippen LogP contribution is -2.41. The Morgan fingerprint density at radius 2 is 2.00 bits per heavy atom. The molecule has 0 aromatic heterocycles. The van der Waals surface area contributed by atoms with Crippen molar-refractivity contribution in [1.29, 1.82) is 5.26 Å². The van der Waals surface area contributed by atoms with Gasteiger partial charge in [-0.05, 0) is 49.8 Å². The summed E-state index contributed by atoms with van der Waals surface area (Å²) in [5.74, 6) is -1.10. The second-order valence-corrected chi connectivity index (χ2v) is 5.94. The molecule has 1 fully saturated rings. The van der Waals surface area contributed by atoms with E-state index in [1.54, 1.807) is 0 Å². The summed E-state index contributed by atoms with van der Waals surface area (Å²) in [5.41, 5.74) is -2.41. The number of hydrogen-bond donors (Lipinski definition) is 1. The molecule has 1 aromatic rings. The van der Waals surface area contributed by atoms with E-state index in [4.69, 9.17) is 0 Å². The Balaban J connectivity index is 2.45. The summed E-state index contributed by atoms with van der Waals surface area (Å²) in [4.78, 5) is 0. The van der Waals surface area contributed by atoms with E-state index in [0.717, 1.165) is 31.0 Å². The first-order chi connectivity index (χ1) is 9.34. The number of aliphatic hydroxyl groups is 1. The Labute approximate surface area is 118 Å². The Morgan fingerprint density at radius 1 is 1.40 bits per heavy atom. The minimum absolute atomic E-state index is 0.133. The van der Waals surface area contributed by atoms with Crippen molar-refractivity contribution < 1.29 is 13.9 Å². The molecule has 1 aliphatic carbocycles. The first-order valence-corrected chi connectivity index (χ1v) is 6.95. The van der Waals surface area contributed by atoms with Crippen LogP contribution in [0.4, 0.5) is 8.78 Å². The second-order valence-electron chi connectivity index (χ2n) is 5.94. The van der Waals surface area contributed by atoms with Gasteiger partial charge in [-0.1, -0.05) is 13.3 Å².